The molecule has 0 aromatic rings. The van der Waals surface area contributed by atoms with Gasteiger partial charge in [0.15, 0.2) is 0 Å². The first kappa shape index (κ1) is 12.8. The maximum atomic E-state index is 11.9. The fourth-order valence-electron chi connectivity index (χ4n) is 3.34. The highest BCUT2D eigenvalue weighted by molar-refractivity contribution is 5.74. The fourth-order valence-corrected chi connectivity index (χ4v) is 3.34. The van der Waals surface area contributed by atoms with E-state index in [4.69, 9.17) is 9.47 Å². The molecule has 2 aliphatic heterocycles. The van der Waals surface area contributed by atoms with Gasteiger partial charge in [-0.3, -0.25) is 4.79 Å². The summed E-state index contributed by atoms with van der Waals surface area (Å²) in [4.78, 5) is 11.9. The lowest BCUT2D eigenvalue weighted by atomic mass is 9.67. The lowest BCUT2D eigenvalue weighted by Gasteiger charge is -2.46. The van der Waals surface area contributed by atoms with Crippen LogP contribution in [0.4, 0.5) is 0 Å². The first-order chi connectivity index (χ1) is 8.05. The van der Waals surface area contributed by atoms with Crippen LogP contribution < -0.4 is 5.32 Å². The second-order valence-corrected chi connectivity index (χ2v) is 5.65. The molecule has 0 radical (unpaired) electrons. The monoisotopic (exact) mass is 241 g/mol. The Morgan fingerprint density at radius 2 is 2.35 bits per heavy atom. The summed E-state index contributed by atoms with van der Waals surface area (Å²) < 4.78 is 10.8. The standard InChI is InChI=1S/C13H23NO3/c1-4-12(2)8-13(5-6-17-12)9-14-7-10(13)11(15)16-3/h10,14H,4-9H2,1-3H3. The van der Waals surface area contributed by atoms with Crippen LogP contribution in [0.15, 0.2) is 0 Å². The third-order valence-electron chi connectivity index (χ3n) is 4.57. The van der Waals surface area contributed by atoms with Gasteiger partial charge in [-0.25, -0.2) is 0 Å². The molecule has 3 atom stereocenters. The Balaban J connectivity index is 2.19. The second kappa shape index (κ2) is 4.58. The lowest BCUT2D eigenvalue weighted by Crippen LogP contribution is -2.48. The molecule has 0 amide bonds. The molecule has 1 N–H and O–H groups in total. The van der Waals surface area contributed by atoms with Crippen LogP contribution >= 0.6 is 0 Å². The van der Waals surface area contributed by atoms with E-state index in [2.05, 4.69) is 19.2 Å². The summed E-state index contributed by atoms with van der Waals surface area (Å²) in [7, 11) is 1.48. The Morgan fingerprint density at radius 1 is 1.59 bits per heavy atom. The third-order valence-corrected chi connectivity index (χ3v) is 4.57. The fraction of sp³-hybridized carbons (Fsp3) is 0.923. The maximum Gasteiger partial charge on any atom is 0.310 e. The molecule has 2 fully saturated rings. The Labute approximate surface area is 103 Å². The number of carbonyl (C=O) groups is 1. The van der Waals surface area contributed by atoms with E-state index in [0.29, 0.717) is 0 Å². The maximum absolute atomic E-state index is 11.9. The molecule has 2 saturated heterocycles. The highest BCUT2D eigenvalue weighted by Gasteiger charge is 2.52. The van der Waals surface area contributed by atoms with E-state index in [1.807, 2.05) is 0 Å². The summed E-state index contributed by atoms with van der Waals surface area (Å²) in [5.41, 5.74) is -0.0490. The van der Waals surface area contributed by atoms with Crippen molar-refractivity contribution in [1.82, 2.24) is 5.32 Å². The van der Waals surface area contributed by atoms with Crippen LogP contribution in [0.2, 0.25) is 0 Å². The van der Waals surface area contributed by atoms with Gasteiger partial charge in [-0.15, -0.1) is 0 Å². The van der Waals surface area contributed by atoms with Crippen molar-refractivity contribution >= 4 is 5.97 Å². The number of methoxy groups -OCH3 is 1. The number of ether oxygens (including phenoxy) is 2. The van der Waals surface area contributed by atoms with Crippen LogP contribution in [0.1, 0.15) is 33.1 Å². The number of hydrogen-bond donors (Lipinski definition) is 1. The van der Waals surface area contributed by atoms with Gasteiger partial charge < -0.3 is 14.8 Å². The van der Waals surface area contributed by atoms with Gasteiger partial charge in [0.1, 0.15) is 0 Å². The zero-order chi connectivity index (χ0) is 12.5. The molecule has 4 heteroatoms. The molecule has 0 aromatic heterocycles. The van der Waals surface area contributed by atoms with Crippen molar-refractivity contribution in [1.29, 1.82) is 0 Å². The zero-order valence-electron chi connectivity index (χ0n) is 11.0. The molecule has 2 aliphatic rings. The van der Waals surface area contributed by atoms with Gasteiger partial charge in [0.25, 0.3) is 0 Å². The van der Waals surface area contributed by atoms with Crippen molar-refractivity contribution in [2.75, 3.05) is 26.8 Å². The first-order valence-corrected chi connectivity index (χ1v) is 6.48. The quantitative estimate of drug-likeness (QED) is 0.741. The van der Waals surface area contributed by atoms with Gasteiger partial charge in [0.05, 0.1) is 18.6 Å². The zero-order valence-corrected chi connectivity index (χ0v) is 11.0. The number of rotatable bonds is 2. The van der Waals surface area contributed by atoms with Gasteiger partial charge in [-0.05, 0) is 26.2 Å². The Kier molecular flexibility index (Phi) is 3.46. The average Bonchev–Trinajstić information content (AvgIpc) is 2.71. The van der Waals surface area contributed by atoms with Gasteiger partial charge in [-0.2, -0.15) is 0 Å². The van der Waals surface area contributed by atoms with Crippen molar-refractivity contribution < 1.29 is 14.3 Å². The molecule has 0 bridgehead atoms. The van der Waals surface area contributed by atoms with Crippen molar-refractivity contribution in [2.45, 2.75) is 38.7 Å². The van der Waals surface area contributed by atoms with E-state index in [9.17, 15) is 4.79 Å². The molecule has 17 heavy (non-hydrogen) atoms. The van der Waals surface area contributed by atoms with Gasteiger partial charge in [0.2, 0.25) is 0 Å². The largest absolute Gasteiger partial charge is 0.469 e. The van der Waals surface area contributed by atoms with E-state index >= 15 is 0 Å². The van der Waals surface area contributed by atoms with Crippen LogP contribution in [0.5, 0.6) is 0 Å². The molecule has 2 heterocycles. The summed E-state index contributed by atoms with van der Waals surface area (Å²) >= 11 is 0. The van der Waals surface area contributed by atoms with Gasteiger partial charge in [-0.1, -0.05) is 6.92 Å². The van der Waals surface area contributed by atoms with Crippen molar-refractivity contribution in [3.63, 3.8) is 0 Å². The summed E-state index contributed by atoms with van der Waals surface area (Å²) in [6.45, 7) is 6.70. The molecule has 98 valence electrons. The van der Waals surface area contributed by atoms with Crippen molar-refractivity contribution in [3.05, 3.63) is 0 Å². The topological polar surface area (TPSA) is 47.6 Å². The summed E-state index contributed by atoms with van der Waals surface area (Å²) in [5, 5.41) is 3.35. The molecular weight excluding hydrogens is 218 g/mol. The summed E-state index contributed by atoms with van der Waals surface area (Å²) in [5.74, 6) is -0.0855. The van der Waals surface area contributed by atoms with Crippen molar-refractivity contribution in [3.8, 4) is 0 Å². The molecule has 0 aliphatic carbocycles. The van der Waals surface area contributed by atoms with Gasteiger partial charge >= 0.3 is 5.97 Å². The molecule has 1 spiro atoms. The molecule has 0 aromatic carbocycles. The van der Waals surface area contributed by atoms with Crippen molar-refractivity contribution in [2.24, 2.45) is 11.3 Å². The SMILES string of the molecule is CCC1(C)CC2(CCO1)CNCC2C(=O)OC. The third kappa shape index (κ3) is 2.20. The van der Waals surface area contributed by atoms with E-state index in [1.54, 1.807) is 0 Å². The lowest BCUT2D eigenvalue weighted by molar-refractivity contribution is -0.159. The Morgan fingerprint density at radius 3 is 3.00 bits per heavy atom. The van der Waals surface area contributed by atoms with Gasteiger partial charge in [0, 0.05) is 25.1 Å². The predicted molar refractivity (Wildman–Crippen MR) is 64.7 cm³/mol. The van der Waals surface area contributed by atoms with Crippen LogP contribution in [0.3, 0.4) is 0 Å². The molecule has 0 saturated carbocycles. The summed E-state index contributed by atoms with van der Waals surface area (Å²) in [6.07, 6.45) is 2.89. The average molecular weight is 241 g/mol. The predicted octanol–water partition coefficient (Wildman–Crippen LogP) is 1.34. The van der Waals surface area contributed by atoms with E-state index in [-0.39, 0.29) is 22.9 Å². The first-order valence-electron chi connectivity index (χ1n) is 6.48. The highest BCUT2D eigenvalue weighted by atomic mass is 16.5. The number of esters is 1. The minimum Gasteiger partial charge on any atom is -0.469 e. The molecule has 4 nitrogen and oxygen atoms in total. The minimum absolute atomic E-state index is 0.0118. The number of hydrogen-bond acceptors (Lipinski definition) is 4. The van der Waals surface area contributed by atoms with E-state index in [0.717, 1.165) is 39.0 Å². The van der Waals surface area contributed by atoms with E-state index in [1.165, 1.54) is 7.11 Å². The van der Waals surface area contributed by atoms with E-state index < -0.39 is 0 Å². The van der Waals surface area contributed by atoms with Crippen LogP contribution in [0, 0.1) is 11.3 Å². The molecule has 2 rings (SSSR count). The van der Waals surface area contributed by atoms with Crippen LogP contribution in [0.25, 0.3) is 0 Å². The normalized spacial score (nSPS) is 41.7. The summed E-state index contributed by atoms with van der Waals surface area (Å²) in [6, 6.07) is 0. The molecular formula is C13H23NO3. The molecule has 3 unspecified atom stereocenters. The minimum atomic E-state index is -0.0868. The van der Waals surface area contributed by atoms with Crippen LogP contribution in [-0.4, -0.2) is 38.4 Å². The Hall–Kier alpha value is -0.610. The number of nitrogens with one attached hydrogen (secondary N) is 1. The highest BCUT2D eigenvalue weighted by Crippen LogP contribution is 2.47. The smallest absolute Gasteiger partial charge is 0.310 e. The second-order valence-electron chi connectivity index (χ2n) is 5.65. The van der Waals surface area contributed by atoms with Crippen LogP contribution in [-0.2, 0) is 14.3 Å². The number of carbonyl (C=O) groups excluding carboxylic acids is 1. The Bertz CT molecular complexity index is 307.